The third-order valence-electron chi connectivity index (χ3n) is 2.08. The van der Waals surface area contributed by atoms with E-state index in [9.17, 15) is 18.4 Å². The molecule has 0 amide bonds. The van der Waals surface area contributed by atoms with Gasteiger partial charge in [0.1, 0.15) is 5.75 Å². The number of H-pyrrole nitrogens is 1. The van der Waals surface area contributed by atoms with Crippen LogP contribution in [0.25, 0.3) is 0 Å². The predicted molar refractivity (Wildman–Crippen MR) is 54.3 cm³/mol. The molecule has 94 valence electrons. The molecule has 0 radical (unpaired) electrons. The molecule has 1 N–H and O–H groups in total. The molecule has 1 aromatic heterocycles. The Bertz CT molecular complexity index is 470. The van der Waals surface area contributed by atoms with E-state index >= 15 is 0 Å². The van der Waals surface area contributed by atoms with Crippen LogP contribution in [0.5, 0.6) is 5.75 Å². The third kappa shape index (κ3) is 3.02. The number of esters is 1. The van der Waals surface area contributed by atoms with Gasteiger partial charge in [0.15, 0.2) is 0 Å². The molecule has 0 aliphatic carbocycles. The molecule has 17 heavy (non-hydrogen) atoms. The maximum absolute atomic E-state index is 12.6. The van der Waals surface area contributed by atoms with Gasteiger partial charge in [-0.3, -0.25) is 9.59 Å². The first-order valence-corrected chi connectivity index (χ1v) is 4.64. The molecule has 0 spiro atoms. The normalized spacial score (nSPS) is 10.4. The summed E-state index contributed by atoms with van der Waals surface area (Å²) in [5, 5.41) is 0. The van der Waals surface area contributed by atoms with Crippen LogP contribution in [0.15, 0.2) is 10.9 Å². The van der Waals surface area contributed by atoms with Crippen LogP contribution in [0.1, 0.15) is 17.7 Å². The molecular weight excluding hydrogens is 236 g/mol. The number of aromatic amines is 1. The number of pyridine rings is 1. The minimum Gasteiger partial charge on any atom is -0.494 e. The van der Waals surface area contributed by atoms with Crippen LogP contribution in [0.4, 0.5) is 8.78 Å². The minimum atomic E-state index is -2.86. The Morgan fingerprint density at radius 3 is 2.59 bits per heavy atom. The van der Waals surface area contributed by atoms with Crippen molar-refractivity contribution in [2.24, 2.45) is 0 Å². The van der Waals surface area contributed by atoms with Gasteiger partial charge in [0.2, 0.25) is 5.56 Å². The van der Waals surface area contributed by atoms with Gasteiger partial charge in [0.25, 0.3) is 6.43 Å². The summed E-state index contributed by atoms with van der Waals surface area (Å²) in [6.07, 6.45) is -3.20. The Morgan fingerprint density at radius 2 is 2.12 bits per heavy atom. The van der Waals surface area contributed by atoms with Crippen LogP contribution in [0.3, 0.4) is 0 Å². The number of alkyl halides is 2. The number of nitrogens with one attached hydrogen (secondary N) is 1. The highest BCUT2D eigenvalue weighted by Gasteiger charge is 2.20. The van der Waals surface area contributed by atoms with Gasteiger partial charge in [-0.15, -0.1) is 0 Å². The lowest BCUT2D eigenvalue weighted by Crippen LogP contribution is -2.16. The zero-order valence-corrected chi connectivity index (χ0v) is 9.25. The third-order valence-corrected chi connectivity index (χ3v) is 2.08. The number of rotatable bonds is 4. The van der Waals surface area contributed by atoms with Crippen LogP contribution in [0.2, 0.25) is 0 Å². The number of methoxy groups -OCH3 is 2. The van der Waals surface area contributed by atoms with Crippen molar-refractivity contribution in [1.82, 2.24) is 4.98 Å². The fourth-order valence-corrected chi connectivity index (χ4v) is 1.37. The van der Waals surface area contributed by atoms with Crippen LogP contribution >= 0.6 is 0 Å². The van der Waals surface area contributed by atoms with E-state index in [1.54, 1.807) is 0 Å². The van der Waals surface area contributed by atoms with Gasteiger partial charge in [-0.2, -0.15) is 0 Å². The Balaban J connectivity index is 3.28. The number of hydrogen-bond acceptors (Lipinski definition) is 4. The maximum Gasteiger partial charge on any atom is 0.311 e. The topological polar surface area (TPSA) is 68.4 Å². The molecule has 0 saturated heterocycles. The van der Waals surface area contributed by atoms with Crippen molar-refractivity contribution in [2.45, 2.75) is 12.8 Å². The standard InChI is InChI=1S/C10H11F2NO4/c1-16-8(15)4-6-9(17-2)5(10(11)12)3-7(14)13-6/h3,10H,4H2,1-2H3,(H,13,14). The summed E-state index contributed by atoms with van der Waals surface area (Å²) < 4.78 is 34.5. The summed E-state index contributed by atoms with van der Waals surface area (Å²) in [5.41, 5.74) is -1.29. The first kappa shape index (κ1) is 13.1. The number of ether oxygens (including phenoxy) is 2. The lowest BCUT2D eigenvalue weighted by atomic mass is 10.1. The molecule has 0 unspecified atom stereocenters. The zero-order valence-electron chi connectivity index (χ0n) is 9.25. The van der Waals surface area contributed by atoms with Crippen molar-refractivity contribution in [3.05, 3.63) is 27.7 Å². The summed E-state index contributed by atoms with van der Waals surface area (Å²) >= 11 is 0. The molecule has 1 heterocycles. The van der Waals surface area contributed by atoms with E-state index in [2.05, 4.69) is 9.72 Å². The van der Waals surface area contributed by atoms with Gasteiger partial charge < -0.3 is 14.5 Å². The summed E-state index contributed by atoms with van der Waals surface area (Å²) in [7, 11) is 2.34. The van der Waals surface area contributed by atoms with Gasteiger partial charge in [0.05, 0.1) is 31.9 Å². The molecular formula is C10H11F2NO4. The van der Waals surface area contributed by atoms with E-state index < -0.39 is 23.5 Å². The second-order valence-electron chi connectivity index (χ2n) is 3.15. The molecule has 0 atom stereocenters. The van der Waals surface area contributed by atoms with Gasteiger partial charge in [-0.25, -0.2) is 8.78 Å². The minimum absolute atomic E-state index is 0.0258. The van der Waals surface area contributed by atoms with E-state index in [-0.39, 0.29) is 17.9 Å². The second-order valence-corrected chi connectivity index (χ2v) is 3.15. The molecule has 5 nitrogen and oxygen atoms in total. The van der Waals surface area contributed by atoms with Crippen LogP contribution < -0.4 is 10.3 Å². The van der Waals surface area contributed by atoms with E-state index in [0.717, 1.165) is 13.2 Å². The highest BCUT2D eigenvalue weighted by atomic mass is 19.3. The zero-order chi connectivity index (χ0) is 13.0. The fourth-order valence-electron chi connectivity index (χ4n) is 1.37. The van der Waals surface area contributed by atoms with Gasteiger partial charge >= 0.3 is 5.97 Å². The van der Waals surface area contributed by atoms with Crippen molar-refractivity contribution in [2.75, 3.05) is 14.2 Å². The molecule has 1 rings (SSSR count). The first-order chi connectivity index (χ1) is 7.99. The average Bonchev–Trinajstić information content (AvgIpc) is 2.28. The Kier molecular flexibility index (Phi) is 4.19. The van der Waals surface area contributed by atoms with Gasteiger partial charge in [-0.05, 0) is 0 Å². The van der Waals surface area contributed by atoms with E-state index in [1.165, 1.54) is 7.11 Å². The monoisotopic (exact) mass is 247 g/mol. The van der Waals surface area contributed by atoms with Gasteiger partial charge in [0, 0.05) is 6.07 Å². The fraction of sp³-hybridized carbons (Fsp3) is 0.400. The molecule has 0 saturated carbocycles. The lowest BCUT2D eigenvalue weighted by Gasteiger charge is -2.11. The second kappa shape index (κ2) is 5.42. The van der Waals surface area contributed by atoms with E-state index in [4.69, 9.17) is 4.74 Å². The smallest absolute Gasteiger partial charge is 0.311 e. The summed E-state index contributed by atoms with van der Waals surface area (Å²) in [6.45, 7) is 0. The average molecular weight is 247 g/mol. The van der Waals surface area contributed by atoms with E-state index in [0.29, 0.717) is 0 Å². The number of carbonyl (C=O) groups is 1. The van der Waals surface area contributed by atoms with Crippen LogP contribution in [-0.4, -0.2) is 25.2 Å². The predicted octanol–water partition coefficient (Wildman–Crippen LogP) is 1.04. The highest BCUT2D eigenvalue weighted by molar-refractivity contribution is 5.72. The lowest BCUT2D eigenvalue weighted by molar-refractivity contribution is -0.139. The number of aromatic nitrogens is 1. The van der Waals surface area contributed by atoms with E-state index in [1.807, 2.05) is 0 Å². The molecule has 1 aromatic rings. The quantitative estimate of drug-likeness (QED) is 0.807. The van der Waals surface area contributed by atoms with Crippen molar-refractivity contribution in [3.63, 3.8) is 0 Å². The Labute approximate surface area is 95.4 Å². The van der Waals surface area contributed by atoms with Crippen molar-refractivity contribution >= 4 is 5.97 Å². The molecule has 0 aliphatic rings. The number of halogens is 2. The van der Waals surface area contributed by atoms with Gasteiger partial charge in [-0.1, -0.05) is 0 Å². The number of carbonyl (C=O) groups excluding carboxylic acids is 1. The van der Waals surface area contributed by atoms with Crippen molar-refractivity contribution < 1.29 is 23.0 Å². The Morgan fingerprint density at radius 1 is 1.47 bits per heavy atom. The Hall–Kier alpha value is -1.92. The van der Waals surface area contributed by atoms with Crippen LogP contribution in [0, 0.1) is 0 Å². The molecule has 0 bridgehead atoms. The maximum atomic E-state index is 12.6. The molecule has 7 heteroatoms. The highest BCUT2D eigenvalue weighted by Crippen LogP contribution is 2.29. The van der Waals surface area contributed by atoms with Crippen molar-refractivity contribution in [3.8, 4) is 5.75 Å². The molecule has 0 aliphatic heterocycles. The number of hydrogen-bond donors (Lipinski definition) is 1. The van der Waals surface area contributed by atoms with Crippen molar-refractivity contribution in [1.29, 1.82) is 0 Å². The summed E-state index contributed by atoms with van der Waals surface area (Å²) in [6, 6.07) is 0.740. The summed E-state index contributed by atoms with van der Waals surface area (Å²) in [4.78, 5) is 24.5. The molecule has 0 fully saturated rings. The molecule has 0 aromatic carbocycles. The first-order valence-electron chi connectivity index (χ1n) is 4.64. The van der Waals surface area contributed by atoms with Crippen LogP contribution in [-0.2, 0) is 16.0 Å². The summed E-state index contributed by atoms with van der Waals surface area (Å²) in [5.74, 6) is -0.865. The SMILES string of the molecule is COC(=O)Cc1[nH]c(=O)cc(C(F)F)c1OC. The largest absolute Gasteiger partial charge is 0.494 e.